The number of nitriles is 1. The van der Waals surface area contributed by atoms with Gasteiger partial charge in [-0.1, -0.05) is 66.6 Å². The normalized spacial score (nSPS) is 11.1. The number of benzene rings is 2. The predicted molar refractivity (Wildman–Crippen MR) is 79.0 cm³/mol. The Kier molecular flexibility index (Phi) is 3.71. The molecule has 0 aliphatic rings. The molecule has 0 atom stereocenters. The first-order valence-electron chi connectivity index (χ1n) is 6.68. The molecule has 2 aromatic rings. The van der Waals surface area contributed by atoms with Crippen LogP contribution < -0.4 is 0 Å². The van der Waals surface area contributed by atoms with Crippen molar-refractivity contribution in [2.75, 3.05) is 0 Å². The van der Waals surface area contributed by atoms with E-state index in [2.05, 4.69) is 75.4 Å². The third-order valence-corrected chi connectivity index (χ3v) is 3.81. The molecule has 0 aromatic heterocycles. The van der Waals surface area contributed by atoms with Gasteiger partial charge in [0.25, 0.3) is 0 Å². The first-order chi connectivity index (χ1) is 9.12. The second kappa shape index (κ2) is 5.28. The predicted octanol–water partition coefficient (Wildman–Crippen LogP) is 4.52. The van der Waals surface area contributed by atoms with Gasteiger partial charge in [-0.3, -0.25) is 0 Å². The van der Waals surface area contributed by atoms with Crippen LogP contribution in [0.5, 0.6) is 0 Å². The molecule has 19 heavy (non-hydrogen) atoms. The largest absolute Gasteiger partial charge is 0.197 e. The molecule has 1 nitrogen and oxygen atoms in total. The van der Waals surface area contributed by atoms with Crippen LogP contribution in [0.1, 0.15) is 35.6 Å². The van der Waals surface area contributed by atoms with Crippen molar-refractivity contribution in [3.63, 3.8) is 0 Å². The van der Waals surface area contributed by atoms with Crippen molar-refractivity contribution in [2.45, 2.75) is 32.6 Å². The molecule has 0 fully saturated rings. The standard InChI is InChI=1S/C18H19N/c1-4-18(13-19,16-9-5-14(2)6-10-16)17-11-7-15(3)8-12-17/h5-12H,4H2,1-3H3. The summed E-state index contributed by atoms with van der Waals surface area (Å²) in [4.78, 5) is 0. The fourth-order valence-electron chi connectivity index (χ4n) is 2.46. The van der Waals surface area contributed by atoms with Crippen molar-refractivity contribution >= 4 is 0 Å². The topological polar surface area (TPSA) is 23.8 Å². The Morgan fingerprint density at radius 1 is 0.842 bits per heavy atom. The Balaban J connectivity index is 2.58. The Bertz CT molecular complexity index is 540. The van der Waals surface area contributed by atoms with Gasteiger partial charge in [0, 0.05) is 0 Å². The lowest BCUT2D eigenvalue weighted by Gasteiger charge is -2.26. The van der Waals surface area contributed by atoms with Gasteiger partial charge in [-0.2, -0.15) is 5.26 Å². The smallest absolute Gasteiger partial charge is 0.107 e. The zero-order valence-electron chi connectivity index (χ0n) is 11.8. The molecule has 0 spiro atoms. The molecule has 0 heterocycles. The highest BCUT2D eigenvalue weighted by atomic mass is 14.4. The van der Waals surface area contributed by atoms with Crippen LogP contribution in [0.15, 0.2) is 48.5 Å². The van der Waals surface area contributed by atoms with E-state index in [1.54, 1.807) is 0 Å². The Morgan fingerprint density at radius 2 is 1.21 bits per heavy atom. The maximum absolute atomic E-state index is 9.77. The minimum Gasteiger partial charge on any atom is -0.197 e. The summed E-state index contributed by atoms with van der Waals surface area (Å²) in [6.45, 7) is 6.20. The monoisotopic (exact) mass is 249 g/mol. The zero-order chi connectivity index (χ0) is 13.9. The van der Waals surface area contributed by atoms with E-state index in [0.717, 1.165) is 17.5 Å². The summed E-state index contributed by atoms with van der Waals surface area (Å²) < 4.78 is 0. The first kappa shape index (κ1) is 13.4. The van der Waals surface area contributed by atoms with Crippen LogP contribution in [-0.4, -0.2) is 0 Å². The number of hydrogen-bond acceptors (Lipinski definition) is 1. The number of hydrogen-bond donors (Lipinski definition) is 0. The Hall–Kier alpha value is -2.07. The Labute approximate surface area is 115 Å². The summed E-state index contributed by atoms with van der Waals surface area (Å²) in [5.41, 5.74) is 4.05. The van der Waals surface area contributed by atoms with E-state index in [1.807, 2.05) is 0 Å². The molecule has 0 saturated carbocycles. The van der Waals surface area contributed by atoms with Crippen LogP contribution in [0.25, 0.3) is 0 Å². The molecule has 2 aromatic carbocycles. The fraction of sp³-hybridized carbons (Fsp3) is 0.278. The molecule has 0 aliphatic carbocycles. The number of aryl methyl sites for hydroxylation is 2. The first-order valence-corrected chi connectivity index (χ1v) is 6.68. The third kappa shape index (κ3) is 2.39. The summed E-state index contributed by atoms with van der Waals surface area (Å²) in [6, 6.07) is 19.1. The van der Waals surface area contributed by atoms with Crippen molar-refractivity contribution in [3.8, 4) is 6.07 Å². The van der Waals surface area contributed by atoms with E-state index in [4.69, 9.17) is 0 Å². The van der Waals surface area contributed by atoms with Gasteiger partial charge in [0.15, 0.2) is 0 Å². The van der Waals surface area contributed by atoms with Crippen molar-refractivity contribution < 1.29 is 0 Å². The SMILES string of the molecule is CCC(C#N)(c1ccc(C)cc1)c1ccc(C)cc1. The second-order valence-electron chi connectivity index (χ2n) is 5.10. The van der Waals surface area contributed by atoms with E-state index in [0.29, 0.717) is 0 Å². The quantitative estimate of drug-likeness (QED) is 0.784. The Morgan fingerprint density at radius 3 is 1.47 bits per heavy atom. The van der Waals surface area contributed by atoms with Crippen LogP contribution in [0.2, 0.25) is 0 Å². The van der Waals surface area contributed by atoms with Crippen LogP contribution in [-0.2, 0) is 5.41 Å². The molecule has 96 valence electrons. The summed E-state index contributed by atoms with van der Waals surface area (Å²) in [7, 11) is 0. The summed E-state index contributed by atoms with van der Waals surface area (Å²) in [5.74, 6) is 0. The van der Waals surface area contributed by atoms with Crippen molar-refractivity contribution in [2.24, 2.45) is 0 Å². The summed E-state index contributed by atoms with van der Waals surface area (Å²) in [5, 5.41) is 9.77. The minimum atomic E-state index is -0.540. The van der Waals surface area contributed by atoms with Crippen LogP contribution >= 0.6 is 0 Å². The van der Waals surface area contributed by atoms with Crippen molar-refractivity contribution in [1.82, 2.24) is 0 Å². The number of rotatable bonds is 3. The molecule has 2 rings (SSSR count). The average Bonchev–Trinajstić information content (AvgIpc) is 2.44. The van der Waals surface area contributed by atoms with E-state index in [-0.39, 0.29) is 0 Å². The molecular weight excluding hydrogens is 230 g/mol. The molecule has 0 amide bonds. The highest BCUT2D eigenvalue weighted by molar-refractivity contribution is 5.46. The maximum Gasteiger partial charge on any atom is 0.107 e. The lowest BCUT2D eigenvalue weighted by Crippen LogP contribution is -2.24. The molecular formula is C18H19N. The molecule has 0 N–H and O–H groups in total. The van der Waals surface area contributed by atoms with E-state index < -0.39 is 5.41 Å². The van der Waals surface area contributed by atoms with Gasteiger partial charge in [-0.25, -0.2) is 0 Å². The average molecular weight is 249 g/mol. The molecule has 0 saturated heterocycles. The van der Waals surface area contributed by atoms with Crippen LogP contribution in [0, 0.1) is 25.2 Å². The minimum absolute atomic E-state index is 0.540. The van der Waals surface area contributed by atoms with E-state index in [9.17, 15) is 5.26 Å². The molecule has 1 heteroatoms. The fourth-order valence-corrected chi connectivity index (χ4v) is 2.46. The third-order valence-electron chi connectivity index (χ3n) is 3.81. The highest BCUT2D eigenvalue weighted by Gasteiger charge is 2.32. The molecule has 0 aliphatic heterocycles. The van der Waals surface area contributed by atoms with Crippen molar-refractivity contribution in [3.05, 3.63) is 70.8 Å². The highest BCUT2D eigenvalue weighted by Crippen LogP contribution is 2.35. The molecule has 0 unspecified atom stereocenters. The van der Waals surface area contributed by atoms with Gasteiger partial charge in [0.1, 0.15) is 5.41 Å². The van der Waals surface area contributed by atoms with Gasteiger partial charge in [-0.05, 0) is 31.4 Å². The van der Waals surface area contributed by atoms with Crippen LogP contribution in [0.3, 0.4) is 0 Å². The van der Waals surface area contributed by atoms with Gasteiger partial charge < -0.3 is 0 Å². The lowest BCUT2D eigenvalue weighted by atomic mass is 9.73. The lowest BCUT2D eigenvalue weighted by molar-refractivity contribution is 0.632. The van der Waals surface area contributed by atoms with Gasteiger partial charge >= 0.3 is 0 Å². The van der Waals surface area contributed by atoms with E-state index >= 15 is 0 Å². The maximum atomic E-state index is 9.77. The number of nitrogens with zero attached hydrogens (tertiary/aromatic N) is 1. The zero-order valence-corrected chi connectivity index (χ0v) is 11.8. The molecule has 0 bridgehead atoms. The van der Waals surface area contributed by atoms with Gasteiger partial charge in [-0.15, -0.1) is 0 Å². The molecule has 0 radical (unpaired) electrons. The van der Waals surface area contributed by atoms with Gasteiger partial charge in [0.2, 0.25) is 0 Å². The second-order valence-corrected chi connectivity index (χ2v) is 5.10. The summed E-state index contributed by atoms with van der Waals surface area (Å²) in [6.07, 6.45) is 0.773. The van der Waals surface area contributed by atoms with Gasteiger partial charge in [0.05, 0.1) is 6.07 Å². The van der Waals surface area contributed by atoms with Crippen LogP contribution in [0.4, 0.5) is 0 Å². The summed E-state index contributed by atoms with van der Waals surface area (Å²) >= 11 is 0. The van der Waals surface area contributed by atoms with Crippen molar-refractivity contribution in [1.29, 1.82) is 5.26 Å². The van der Waals surface area contributed by atoms with E-state index in [1.165, 1.54) is 11.1 Å².